The van der Waals surface area contributed by atoms with Gasteiger partial charge in [0.05, 0.1) is 24.9 Å². The molecule has 2 bridgehead atoms. The van der Waals surface area contributed by atoms with Gasteiger partial charge in [0.25, 0.3) is 0 Å². The second kappa shape index (κ2) is 5.49. The second-order valence-electron chi connectivity index (χ2n) is 5.42. The van der Waals surface area contributed by atoms with Gasteiger partial charge < -0.3 is 9.47 Å². The van der Waals surface area contributed by atoms with Gasteiger partial charge in [0.15, 0.2) is 0 Å². The van der Waals surface area contributed by atoms with E-state index in [1.54, 1.807) is 0 Å². The Balaban J connectivity index is 1.80. The summed E-state index contributed by atoms with van der Waals surface area (Å²) in [5.74, 6) is 7.17. The van der Waals surface area contributed by atoms with Gasteiger partial charge in [-0.3, -0.25) is 11.3 Å². The van der Waals surface area contributed by atoms with Crippen molar-refractivity contribution in [2.24, 2.45) is 11.8 Å². The lowest BCUT2D eigenvalue weighted by atomic mass is 9.81. The van der Waals surface area contributed by atoms with Crippen molar-refractivity contribution in [1.29, 1.82) is 0 Å². The lowest BCUT2D eigenvalue weighted by Crippen LogP contribution is -2.37. The molecule has 0 spiro atoms. The molecule has 104 valence electrons. The van der Waals surface area contributed by atoms with E-state index in [1.807, 2.05) is 19.1 Å². The molecule has 0 radical (unpaired) electrons. The molecule has 1 aromatic carbocycles. The molecule has 2 saturated heterocycles. The van der Waals surface area contributed by atoms with Crippen molar-refractivity contribution in [2.45, 2.75) is 44.4 Å². The zero-order valence-electron chi connectivity index (χ0n) is 11.3. The molecule has 19 heavy (non-hydrogen) atoms. The molecule has 2 aliphatic heterocycles. The van der Waals surface area contributed by atoms with E-state index in [2.05, 4.69) is 17.6 Å². The predicted molar refractivity (Wildman–Crippen MR) is 73.7 cm³/mol. The van der Waals surface area contributed by atoms with Crippen LogP contribution in [0.25, 0.3) is 0 Å². The number of hydrogen-bond acceptors (Lipinski definition) is 4. The molecule has 0 aliphatic carbocycles. The Hall–Kier alpha value is -1.10. The van der Waals surface area contributed by atoms with Crippen LogP contribution in [0.2, 0.25) is 0 Å². The Bertz CT molecular complexity index is 438. The summed E-state index contributed by atoms with van der Waals surface area (Å²) in [6, 6.07) is 8.35. The highest BCUT2D eigenvalue weighted by atomic mass is 16.5. The first-order valence-electron chi connectivity index (χ1n) is 7.16. The Labute approximate surface area is 114 Å². The van der Waals surface area contributed by atoms with Crippen LogP contribution in [0.5, 0.6) is 5.75 Å². The van der Waals surface area contributed by atoms with Crippen LogP contribution >= 0.6 is 0 Å². The van der Waals surface area contributed by atoms with Gasteiger partial charge in [-0.2, -0.15) is 0 Å². The van der Waals surface area contributed by atoms with E-state index in [0.717, 1.165) is 12.2 Å². The van der Waals surface area contributed by atoms with Gasteiger partial charge in [-0.25, -0.2) is 0 Å². The van der Waals surface area contributed by atoms with Gasteiger partial charge in [0, 0.05) is 5.92 Å². The van der Waals surface area contributed by atoms with Gasteiger partial charge in [0.1, 0.15) is 5.75 Å². The van der Waals surface area contributed by atoms with Crippen LogP contribution < -0.4 is 16.0 Å². The first kappa shape index (κ1) is 12.9. The molecule has 0 amide bonds. The maximum Gasteiger partial charge on any atom is 0.119 e. The fourth-order valence-electron chi connectivity index (χ4n) is 3.46. The number of rotatable bonds is 5. The minimum atomic E-state index is 0.149. The van der Waals surface area contributed by atoms with Crippen molar-refractivity contribution in [3.05, 3.63) is 29.8 Å². The number of hydrazine groups is 1. The third kappa shape index (κ3) is 2.48. The highest BCUT2D eigenvalue weighted by Crippen LogP contribution is 2.44. The highest BCUT2D eigenvalue weighted by molar-refractivity contribution is 5.31. The summed E-state index contributed by atoms with van der Waals surface area (Å²) in [6.45, 7) is 2.68. The highest BCUT2D eigenvalue weighted by Gasteiger charge is 2.44. The first-order chi connectivity index (χ1) is 9.31. The van der Waals surface area contributed by atoms with Gasteiger partial charge in [0.2, 0.25) is 0 Å². The predicted octanol–water partition coefficient (Wildman–Crippen LogP) is 2.16. The summed E-state index contributed by atoms with van der Waals surface area (Å²) < 4.78 is 11.5. The molecule has 0 aromatic heterocycles. The van der Waals surface area contributed by atoms with E-state index < -0.39 is 0 Å². The number of ether oxygens (including phenoxy) is 2. The topological polar surface area (TPSA) is 56.5 Å². The molecule has 3 N–H and O–H groups in total. The fraction of sp³-hybridized carbons (Fsp3) is 0.600. The van der Waals surface area contributed by atoms with Crippen LogP contribution in [0.4, 0.5) is 0 Å². The standard InChI is InChI=1S/C15H22N2O2/c1-2-18-11-5-3-4-10(8-11)15(17-16)13-9-12-6-7-14(13)19-12/h3-5,8,12-15,17H,2,6-7,9,16H2,1H3. The summed E-state index contributed by atoms with van der Waals surface area (Å²) in [4.78, 5) is 0. The Kier molecular flexibility index (Phi) is 3.73. The number of fused-ring (bicyclic) bond motifs is 2. The van der Waals surface area contributed by atoms with E-state index in [0.29, 0.717) is 24.7 Å². The second-order valence-corrected chi connectivity index (χ2v) is 5.42. The van der Waals surface area contributed by atoms with Crippen LogP contribution in [0.1, 0.15) is 37.8 Å². The van der Waals surface area contributed by atoms with Crippen molar-refractivity contribution in [1.82, 2.24) is 5.43 Å². The third-order valence-corrected chi connectivity index (χ3v) is 4.29. The minimum Gasteiger partial charge on any atom is -0.494 e. The summed E-state index contributed by atoms with van der Waals surface area (Å²) >= 11 is 0. The molecule has 4 unspecified atom stereocenters. The van der Waals surface area contributed by atoms with E-state index >= 15 is 0 Å². The molecule has 2 fully saturated rings. The zero-order valence-corrected chi connectivity index (χ0v) is 11.3. The normalized spacial score (nSPS) is 30.5. The molecule has 0 saturated carbocycles. The molecular formula is C15H22N2O2. The smallest absolute Gasteiger partial charge is 0.119 e. The lowest BCUT2D eigenvalue weighted by molar-refractivity contribution is 0.0856. The summed E-state index contributed by atoms with van der Waals surface area (Å²) in [5, 5.41) is 0. The van der Waals surface area contributed by atoms with Gasteiger partial charge in [-0.1, -0.05) is 12.1 Å². The fourth-order valence-corrected chi connectivity index (χ4v) is 3.46. The van der Waals surface area contributed by atoms with Gasteiger partial charge in [-0.05, 0) is 43.9 Å². The number of nitrogens with one attached hydrogen (secondary N) is 1. The molecular weight excluding hydrogens is 240 g/mol. The summed E-state index contributed by atoms with van der Waals surface area (Å²) in [7, 11) is 0. The Morgan fingerprint density at radius 3 is 3.00 bits per heavy atom. The van der Waals surface area contributed by atoms with Crippen molar-refractivity contribution < 1.29 is 9.47 Å². The maximum absolute atomic E-state index is 5.94. The molecule has 2 aliphatic rings. The van der Waals surface area contributed by atoms with Crippen LogP contribution in [0.15, 0.2) is 24.3 Å². The van der Waals surface area contributed by atoms with Crippen LogP contribution in [-0.4, -0.2) is 18.8 Å². The van der Waals surface area contributed by atoms with E-state index in [4.69, 9.17) is 15.3 Å². The number of hydrogen-bond donors (Lipinski definition) is 2. The van der Waals surface area contributed by atoms with Crippen molar-refractivity contribution in [2.75, 3.05) is 6.61 Å². The molecule has 3 rings (SSSR count). The maximum atomic E-state index is 5.94. The van der Waals surface area contributed by atoms with E-state index in [1.165, 1.54) is 18.4 Å². The molecule has 4 nitrogen and oxygen atoms in total. The molecule has 4 heteroatoms. The molecule has 2 heterocycles. The average molecular weight is 262 g/mol. The number of benzene rings is 1. The van der Waals surface area contributed by atoms with Crippen LogP contribution in [0, 0.1) is 5.92 Å². The monoisotopic (exact) mass is 262 g/mol. The average Bonchev–Trinajstić information content (AvgIpc) is 3.03. The number of nitrogens with two attached hydrogens (primary N) is 1. The summed E-state index contributed by atoms with van der Waals surface area (Å²) in [5.41, 5.74) is 4.17. The van der Waals surface area contributed by atoms with Gasteiger partial charge in [-0.15, -0.1) is 0 Å². The zero-order chi connectivity index (χ0) is 13.2. The Morgan fingerprint density at radius 1 is 1.47 bits per heavy atom. The Morgan fingerprint density at radius 2 is 2.37 bits per heavy atom. The SMILES string of the molecule is CCOc1cccc(C(NN)C2CC3CCC2O3)c1. The third-order valence-electron chi connectivity index (χ3n) is 4.29. The van der Waals surface area contributed by atoms with Gasteiger partial charge >= 0.3 is 0 Å². The largest absolute Gasteiger partial charge is 0.494 e. The van der Waals surface area contributed by atoms with E-state index in [9.17, 15) is 0 Å². The lowest BCUT2D eigenvalue weighted by Gasteiger charge is -2.28. The minimum absolute atomic E-state index is 0.149. The van der Waals surface area contributed by atoms with Crippen molar-refractivity contribution in [3.63, 3.8) is 0 Å². The van der Waals surface area contributed by atoms with Crippen LogP contribution in [-0.2, 0) is 4.74 Å². The quantitative estimate of drug-likeness (QED) is 0.630. The molecule has 1 aromatic rings. The van der Waals surface area contributed by atoms with E-state index in [-0.39, 0.29) is 6.04 Å². The van der Waals surface area contributed by atoms with Crippen LogP contribution in [0.3, 0.4) is 0 Å². The van der Waals surface area contributed by atoms with Crippen molar-refractivity contribution in [3.8, 4) is 5.75 Å². The molecule has 4 atom stereocenters. The van der Waals surface area contributed by atoms with Crippen molar-refractivity contribution >= 4 is 0 Å². The summed E-state index contributed by atoms with van der Waals surface area (Å²) in [6.07, 6.45) is 4.29. The first-order valence-corrected chi connectivity index (χ1v) is 7.16.